The van der Waals surface area contributed by atoms with Gasteiger partial charge < -0.3 is 4.42 Å². The molecular weight excluding hydrogens is 310 g/mol. The molecule has 23 heavy (non-hydrogen) atoms. The predicted molar refractivity (Wildman–Crippen MR) is 88.1 cm³/mol. The minimum Gasteiger partial charge on any atom is -0.459 e. The summed E-state index contributed by atoms with van der Waals surface area (Å²) in [7, 11) is 0. The van der Waals surface area contributed by atoms with E-state index in [1.807, 2.05) is 30.6 Å². The van der Waals surface area contributed by atoms with Gasteiger partial charge >= 0.3 is 0 Å². The van der Waals surface area contributed by atoms with Gasteiger partial charge in [0.25, 0.3) is 0 Å². The zero-order valence-electron chi connectivity index (χ0n) is 12.6. The van der Waals surface area contributed by atoms with Gasteiger partial charge in [0.1, 0.15) is 11.5 Å². The maximum atomic E-state index is 5.72. The molecule has 0 saturated carbocycles. The second-order valence-electron chi connectivity index (χ2n) is 5.17. The highest BCUT2D eigenvalue weighted by molar-refractivity contribution is 7.13. The van der Waals surface area contributed by atoms with E-state index < -0.39 is 0 Å². The van der Waals surface area contributed by atoms with Gasteiger partial charge in [-0.2, -0.15) is 5.10 Å². The van der Waals surface area contributed by atoms with Crippen molar-refractivity contribution in [2.75, 3.05) is 0 Å². The van der Waals surface area contributed by atoms with Gasteiger partial charge in [-0.15, -0.1) is 16.4 Å². The van der Waals surface area contributed by atoms with Crippen LogP contribution in [-0.4, -0.2) is 25.2 Å². The van der Waals surface area contributed by atoms with Crippen molar-refractivity contribution in [1.29, 1.82) is 0 Å². The average Bonchev–Trinajstić information content (AvgIpc) is 3.34. The van der Waals surface area contributed by atoms with E-state index in [2.05, 4.69) is 38.9 Å². The number of nitrogens with zero attached hydrogens (tertiary/aromatic N) is 4. The second-order valence-corrected chi connectivity index (χ2v) is 6.12. The van der Waals surface area contributed by atoms with E-state index in [4.69, 9.17) is 4.42 Å². The summed E-state index contributed by atoms with van der Waals surface area (Å²) >= 11 is 1.68. The van der Waals surface area contributed by atoms with Gasteiger partial charge in [-0.25, -0.2) is 4.68 Å². The van der Waals surface area contributed by atoms with E-state index in [9.17, 15) is 0 Å². The number of rotatable bonds is 5. The first-order valence-corrected chi connectivity index (χ1v) is 8.27. The molecule has 0 unspecified atom stereocenters. The fourth-order valence-corrected chi connectivity index (χ4v) is 3.19. The molecule has 0 spiro atoms. The smallest absolute Gasteiger partial charge is 0.156 e. The lowest BCUT2D eigenvalue weighted by atomic mass is 10.2. The Morgan fingerprint density at radius 3 is 3.04 bits per heavy atom. The first-order valence-electron chi connectivity index (χ1n) is 7.39. The summed E-state index contributed by atoms with van der Waals surface area (Å²) < 4.78 is 7.51. The average molecular weight is 325 g/mol. The Balaban J connectivity index is 1.58. The third kappa shape index (κ3) is 2.70. The first kappa shape index (κ1) is 14.0. The van der Waals surface area contributed by atoms with Crippen LogP contribution in [0.3, 0.4) is 0 Å². The lowest BCUT2D eigenvalue weighted by molar-refractivity contribution is 0.527. The second kappa shape index (κ2) is 5.85. The van der Waals surface area contributed by atoms with Gasteiger partial charge in [0, 0.05) is 12.0 Å². The number of H-pyrrole nitrogens is 1. The Bertz CT molecular complexity index is 903. The number of aryl methyl sites for hydroxylation is 1. The zero-order chi connectivity index (χ0) is 15.6. The number of hydrogen-bond donors (Lipinski definition) is 1. The third-order valence-electron chi connectivity index (χ3n) is 3.62. The van der Waals surface area contributed by atoms with Crippen LogP contribution in [0.25, 0.3) is 22.0 Å². The predicted octanol–water partition coefficient (Wildman–Crippen LogP) is 3.60. The minimum absolute atomic E-state index is 0.609. The van der Waals surface area contributed by atoms with E-state index in [-0.39, 0.29) is 0 Å². The molecule has 116 valence electrons. The van der Waals surface area contributed by atoms with E-state index in [0.29, 0.717) is 6.54 Å². The third-order valence-corrected chi connectivity index (χ3v) is 4.51. The van der Waals surface area contributed by atoms with Crippen molar-refractivity contribution < 1.29 is 4.42 Å². The monoisotopic (exact) mass is 325 g/mol. The van der Waals surface area contributed by atoms with Crippen LogP contribution in [0.2, 0.25) is 0 Å². The molecule has 4 aromatic rings. The number of nitrogens with one attached hydrogen (secondary N) is 1. The molecule has 4 heterocycles. The molecule has 0 atom stereocenters. The van der Waals surface area contributed by atoms with Crippen LogP contribution in [0.1, 0.15) is 18.2 Å². The maximum Gasteiger partial charge on any atom is 0.156 e. The highest BCUT2D eigenvalue weighted by Gasteiger charge is 2.12. The quantitative estimate of drug-likeness (QED) is 0.608. The lowest BCUT2D eigenvalue weighted by Crippen LogP contribution is -2.00. The number of thiophene rings is 1. The molecule has 0 aromatic carbocycles. The molecule has 0 aliphatic heterocycles. The molecule has 7 heteroatoms. The van der Waals surface area contributed by atoms with Crippen LogP contribution < -0.4 is 0 Å². The maximum absolute atomic E-state index is 5.72. The normalized spacial score (nSPS) is 11.2. The van der Waals surface area contributed by atoms with Crippen LogP contribution in [0.5, 0.6) is 0 Å². The summed E-state index contributed by atoms with van der Waals surface area (Å²) in [6.07, 6.45) is 4.59. The van der Waals surface area contributed by atoms with Crippen LogP contribution in [0, 0.1) is 0 Å². The zero-order valence-corrected chi connectivity index (χ0v) is 13.4. The minimum atomic E-state index is 0.609. The molecule has 0 radical (unpaired) electrons. The molecular formula is C16H15N5OS. The topological polar surface area (TPSA) is 72.5 Å². The van der Waals surface area contributed by atoms with Gasteiger partial charge in [0.15, 0.2) is 5.76 Å². The molecule has 0 bridgehead atoms. The van der Waals surface area contributed by atoms with Gasteiger partial charge in [0.2, 0.25) is 0 Å². The molecule has 1 N–H and O–H groups in total. The molecule has 0 aliphatic rings. The molecule has 4 aromatic heterocycles. The van der Waals surface area contributed by atoms with E-state index in [0.717, 1.165) is 39.8 Å². The van der Waals surface area contributed by atoms with Crippen LogP contribution in [0.4, 0.5) is 0 Å². The summed E-state index contributed by atoms with van der Waals surface area (Å²) in [5, 5.41) is 17.7. The first-order chi connectivity index (χ1) is 11.3. The van der Waals surface area contributed by atoms with Gasteiger partial charge in [-0.05, 0) is 23.6 Å². The van der Waals surface area contributed by atoms with Gasteiger partial charge in [-0.1, -0.05) is 18.2 Å². The number of furan rings is 1. The molecule has 4 rings (SSSR count). The highest BCUT2D eigenvalue weighted by atomic mass is 32.1. The molecule has 0 saturated heterocycles. The van der Waals surface area contributed by atoms with E-state index >= 15 is 0 Å². The summed E-state index contributed by atoms with van der Waals surface area (Å²) in [5.74, 6) is 1.70. The Kier molecular flexibility index (Phi) is 3.55. The number of aromatic amines is 1. The van der Waals surface area contributed by atoms with Crippen molar-refractivity contribution in [1.82, 2.24) is 25.2 Å². The van der Waals surface area contributed by atoms with Crippen LogP contribution in [-0.2, 0) is 13.0 Å². The largest absolute Gasteiger partial charge is 0.459 e. The van der Waals surface area contributed by atoms with Crippen molar-refractivity contribution in [2.45, 2.75) is 19.9 Å². The number of aromatic nitrogens is 5. The van der Waals surface area contributed by atoms with Crippen LogP contribution in [0.15, 0.2) is 46.5 Å². The summed E-state index contributed by atoms with van der Waals surface area (Å²) in [5.41, 5.74) is 2.85. The summed E-state index contributed by atoms with van der Waals surface area (Å²) in [6.45, 7) is 2.67. The lowest BCUT2D eigenvalue weighted by Gasteiger charge is -2.00. The SMILES string of the molecule is CCc1ccc(-c2cn(Cc3cn[nH]c3-c3cccs3)nn2)o1. The van der Waals surface area contributed by atoms with Crippen molar-refractivity contribution in [3.05, 3.63) is 53.4 Å². The Morgan fingerprint density at radius 1 is 1.30 bits per heavy atom. The molecule has 0 aliphatic carbocycles. The van der Waals surface area contributed by atoms with Crippen LogP contribution >= 0.6 is 11.3 Å². The highest BCUT2D eigenvalue weighted by Crippen LogP contribution is 2.26. The fourth-order valence-electron chi connectivity index (χ4n) is 2.43. The van der Waals surface area contributed by atoms with Gasteiger partial charge in [0.05, 0.1) is 29.5 Å². The van der Waals surface area contributed by atoms with Crippen molar-refractivity contribution in [3.63, 3.8) is 0 Å². The molecule has 0 fully saturated rings. The van der Waals surface area contributed by atoms with Crippen molar-refractivity contribution in [2.24, 2.45) is 0 Å². The Morgan fingerprint density at radius 2 is 2.26 bits per heavy atom. The van der Waals surface area contributed by atoms with E-state index in [1.165, 1.54) is 0 Å². The Hall–Kier alpha value is -2.67. The standard InChI is InChI=1S/C16H15N5OS/c1-2-12-5-6-14(22-12)13-10-21(20-18-13)9-11-8-17-19-16(11)15-4-3-7-23-15/h3-8,10H,2,9H2,1H3,(H,17,19). The number of hydrogen-bond acceptors (Lipinski definition) is 5. The summed E-state index contributed by atoms with van der Waals surface area (Å²) in [6, 6.07) is 8.01. The Labute approximate surface area is 136 Å². The van der Waals surface area contributed by atoms with Gasteiger partial charge in [-0.3, -0.25) is 5.10 Å². The molecule has 0 amide bonds. The summed E-state index contributed by atoms with van der Waals surface area (Å²) in [4.78, 5) is 1.16. The fraction of sp³-hybridized carbons (Fsp3) is 0.188. The van der Waals surface area contributed by atoms with E-state index in [1.54, 1.807) is 16.0 Å². The van der Waals surface area contributed by atoms with Crippen molar-refractivity contribution in [3.8, 4) is 22.0 Å². The van der Waals surface area contributed by atoms with Crippen molar-refractivity contribution >= 4 is 11.3 Å². The molecule has 6 nitrogen and oxygen atoms in total.